The van der Waals surface area contributed by atoms with Crippen LogP contribution in [0.15, 0.2) is 4.79 Å². The number of amides is 1. The van der Waals surface area contributed by atoms with Gasteiger partial charge in [-0.1, -0.05) is 46.5 Å². The normalized spacial score (nSPS) is 20.7. The third-order valence-corrected chi connectivity index (χ3v) is 8.15. The molecule has 1 amide bonds. The van der Waals surface area contributed by atoms with Crippen LogP contribution >= 0.6 is 11.3 Å². The minimum atomic E-state index is -0.0362. The van der Waals surface area contributed by atoms with Gasteiger partial charge in [0.25, 0.3) is 5.56 Å². The first-order chi connectivity index (χ1) is 14.3. The van der Waals surface area contributed by atoms with Gasteiger partial charge in [0.15, 0.2) is 0 Å². The molecule has 2 heterocycles. The summed E-state index contributed by atoms with van der Waals surface area (Å²) < 4.78 is 0. The fraction of sp³-hybridized carbons (Fsp3) is 0.708. The van der Waals surface area contributed by atoms with Crippen LogP contribution in [0.1, 0.15) is 88.4 Å². The zero-order valence-corrected chi connectivity index (χ0v) is 19.4. The maximum absolute atomic E-state index is 12.8. The topological polar surface area (TPSA) is 74.8 Å². The molecule has 0 aliphatic heterocycles. The van der Waals surface area contributed by atoms with Gasteiger partial charge in [-0.15, -0.1) is 11.3 Å². The lowest BCUT2D eigenvalue weighted by Gasteiger charge is -2.33. The van der Waals surface area contributed by atoms with Crippen molar-refractivity contribution in [2.24, 2.45) is 11.3 Å². The number of H-pyrrole nitrogens is 1. The number of carbonyl (C=O) groups is 1. The third kappa shape index (κ3) is 4.79. The minimum absolute atomic E-state index is 0.0362. The van der Waals surface area contributed by atoms with Gasteiger partial charge < -0.3 is 10.3 Å². The number of fused-ring (bicyclic) bond motifs is 3. The second-order valence-corrected chi connectivity index (χ2v) is 11.3. The molecule has 0 unspecified atom stereocenters. The van der Waals surface area contributed by atoms with Crippen molar-refractivity contribution in [3.05, 3.63) is 26.6 Å². The Kier molecular flexibility index (Phi) is 6.33. The van der Waals surface area contributed by atoms with Gasteiger partial charge in [-0.05, 0) is 49.0 Å². The Morgan fingerprint density at radius 3 is 2.60 bits per heavy atom. The number of aryl methyl sites for hydroxylation is 2. The average Bonchev–Trinajstić information content (AvgIpc) is 2.86. The molecule has 2 aromatic rings. The second-order valence-electron chi connectivity index (χ2n) is 10.3. The van der Waals surface area contributed by atoms with Crippen LogP contribution < -0.4 is 10.9 Å². The lowest BCUT2D eigenvalue weighted by molar-refractivity contribution is -0.121. The molecule has 30 heavy (non-hydrogen) atoms. The summed E-state index contributed by atoms with van der Waals surface area (Å²) in [5.41, 5.74) is 1.46. The highest BCUT2D eigenvalue weighted by atomic mass is 32.1. The van der Waals surface area contributed by atoms with Crippen molar-refractivity contribution in [3.63, 3.8) is 0 Å². The smallest absolute Gasteiger partial charge is 0.259 e. The summed E-state index contributed by atoms with van der Waals surface area (Å²) in [7, 11) is 0. The van der Waals surface area contributed by atoms with Crippen LogP contribution in [0.4, 0.5) is 0 Å². The van der Waals surface area contributed by atoms with Crippen molar-refractivity contribution < 1.29 is 4.79 Å². The van der Waals surface area contributed by atoms with E-state index >= 15 is 0 Å². The van der Waals surface area contributed by atoms with E-state index in [0.717, 1.165) is 42.3 Å². The van der Waals surface area contributed by atoms with Crippen LogP contribution in [0.2, 0.25) is 0 Å². The van der Waals surface area contributed by atoms with Crippen molar-refractivity contribution in [2.75, 3.05) is 0 Å². The molecule has 5 nitrogen and oxygen atoms in total. The summed E-state index contributed by atoms with van der Waals surface area (Å²) in [6.07, 6.45) is 11.1. The van der Waals surface area contributed by atoms with E-state index in [9.17, 15) is 9.59 Å². The zero-order chi connectivity index (χ0) is 21.3. The molecule has 0 aromatic carbocycles. The minimum Gasteiger partial charge on any atom is -0.353 e. The molecule has 2 aliphatic rings. The fourth-order valence-electron chi connectivity index (χ4n) is 5.04. The summed E-state index contributed by atoms with van der Waals surface area (Å²) in [6.45, 7) is 6.91. The summed E-state index contributed by atoms with van der Waals surface area (Å²) in [4.78, 5) is 35.1. The SMILES string of the molecule is CC(C)(C)[C@H]1CCc2c(sc3nc(CCC(=O)NC4CCCCCC4)[nH]c(=O)c23)C1. The molecular weight excluding hydrogens is 394 g/mol. The number of rotatable bonds is 4. The van der Waals surface area contributed by atoms with Gasteiger partial charge in [0.1, 0.15) is 10.7 Å². The monoisotopic (exact) mass is 429 g/mol. The van der Waals surface area contributed by atoms with E-state index in [1.807, 2.05) is 0 Å². The summed E-state index contributed by atoms with van der Waals surface area (Å²) in [5, 5.41) is 3.97. The van der Waals surface area contributed by atoms with E-state index in [1.165, 1.54) is 36.1 Å². The van der Waals surface area contributed by atoms with Gasteiger partial charge >= 0.3 is 0 Å². The highest BCUT2D eigenvalue weighted by molar-refractivity contribution is 7.18. The van der Waals surface area contributed by atoms with Gasteiger partial charge in [-0.2, -0.15) is 0 Å². The van der Waals surface area contributed by atoms with Gasteiger partial charge in [0.05, 0.1) is 5.39 Å². The van der Waals surface area contributed by atoms with Crippen LogP contribution in [0, 0.1) is 11.3 Å². The van der Waals surface area contributed by atoms with E-state index < -0.39 is 0 Å². The molecule has 2 aromatic heterocycles. The number of carbonyl (C=O) groups excluding carboxylic acids is 1. The lowest BCUT2D eigenvalue weighted by atomic mass is 9.72. The van der Waals surface area contributed by atoms with Gasteiger partial charge in [-0.3, -0.25) is 9.59 Å². The van der Waals surface area contributed by atoms with Crippen molar-refractivity contribution in [1.29, 1.82) is 0 Å². The van der Waals surface area contributed by atoms with Crippen LogP contribution in [0.3, 0.4) is 0 Å². The molecule has 1 fully saturated rings. The molecule has 2 aliphatic carbocycles. The van der Waals surface area contributed by atoms with Crippen LogP contribution in [0.5, 0.6) is 0 Å². The van der Waals surface area contributed by atoms with Crippen molar-refractivity contribution >= 4 is 27.5 Å². The van der Waals surface area contributed by atoms with E-state index in [1.54, 1.807) is 11.3 Å². The molecule has 0 saturated heterocycles. The molecule has 2 N–H and O–H groups in total. The number of nitrogens with one attached hydrogen (secondary N) is 2. The fourth-order valence-corrected chi connectivity index (χ4v) is 6.36. The summed E-state index contributed by atoms with van der Waals surface area (Å²) >= 11 is 1.68. The highest BCUT2D eigenvalue weighted by Gasteiger charge is 2.31. The molecule has 1 atom stereocenters. The molecule has 4 rings (SSSR count). The van der Waals surface area contributed by atoms with Gasteiger partial charge in [0, 0.05) is 23.8 Å². The van der Waals surface area contributed by atoms with Gasteiger partial charge in [-0.25, -0.2) is 4.98 Å². The maximum Gasteiger partial charge on any atom is 0.259 e. The number of aromatic amines is 1. The number of aromatic nitrogens is 2. The predicted octanol–water partition coefficient (Wildman–Crippen LogP) is 4.91. The van der Waals surface area contributed by atoms with E-state index in [0.29, 0.717) is 30.6 Å². The first-order valence-electron chi connectivity index (χ1n) is 11.6. The quantitative estimate of drug-likeness (QED) is 0.678. The zero-order valence-electron chi connectivity index (χ0n) is 18.6. The van der Waals surface area contributed by atoms with Crippen LogP contribution in [0.25, 0.3) is 10.2 Å². The van der Waals surface area contributed by atoms with Crippen LogP contribution in [-0.2, 0) is 24.1 Å². The Labute approximate surface area is 183 Å². The van der Waals surface area contributed by atoms with Crippen molar-refractivity contribution in [1.82, 2.24) is 15.3 Å². The third-order valence-electron chi connectivity index (χ3n) is 7.00. The molecule has 0 radical (unpaired) electrons. The standard InChI is InChI=1S/C24H35N3O2S/c1-24(2,3)15-10-11-17-18(14-15)30-23-21(17)22(29)26-19(27-23)12-13-20(28)25-16-8-6-4-5-7-9-16/h15-16H,4-14H2,1-3H3,(H,25,28)(H,26,27,29)/t15-/m0/s1. The first-order valence-corrected chi connectivity index (χ1v) is 12.5. The van der Waals surface area contributed by atoms with E-state index in [-0.39, 0.29) is 16.9 Å². The Bertz CT molecular complexity index is 961. The number of hydrogen-bond acceptors (Lipinski definition) is 4. The Hall–Kier alpha value is -1.69. The molecule has 0 spiro atoms. The number of nitrogens with zero attached hydrogens (tertiary/aromatic N) is 1. The highest BCUT2D eigenvalue weighted by Crippen LogP contribution is 2.41. The van der Waals surface area contributed by atoms with E-state index in [4.69, 9.17) is 4.98 Å². The summed E-state index contributed by atoms with van der Waals surface area (Å²) in [6, 6.07) is 0.314. The second kappa shape index (κ2) is 8.81. The molecule has 0 bridgehead atoms. The van der Waals surface area contributed by atoms with E-state index in [2.05, 4.69) is 31.1 Å². The molecule has 164 valence electrons. The van der Waals surface area contributed by atoms with Crippen LogP contribution in [-0.4, -0.2) is 21.9 Å². The van der Waals surface area contributed by atoms with Gasteiger partial charge in [0.2, 0.25) is 5.91 Å². The Balaban J connectivity index is 1.44. The number of thiophene rings is 1. The number of hydrogen-bond donors (Lipinski definition) is 2. The lowest BCUT2D eigenvalue weighted by Crippen LogP contribution is -2.34. The van der Waals surface area contributed by atoms with Crippen molar-refractivity contribution in [2.45, 2.75) is 97.4 Å². The molecular formula is C24H35N3O2S. The Morgan fingerprint density at radius 1 is 1.17 bits per heavy atom. The Morgan fingerprint density at radius 2 is 1.90 bits per heavy atom. The van der Waals surface area contributed by atoms with Crippen molar-refractivity contribution in [3.8, 4) is 0 Å². The predicted molar refractivity (Wildman–Crippen MR) is 123 cm³/mol. The molecule has 6 heteroatoms. The first kappa shape index (κ1) is 21.5. The summed E-state index contributed by atoms with van der Waals surface area (Å²) in [5.74, 6) is 1.35. The molecule has 1 saturated carbocycles. The average molecular weight is 430 g/mol. The largest absolute Gasteiger partial charge is 0.353 e. The maximum atomic E-state index is 12.8.